The third-order valence-corrected chi connectivity index (χ3v) is 6.68. The molecule has 106 valence electrons. The van der Waals surface area contributed by atoms with E-state index in [-0.39, 0.29) is 12.1 Å². The lowest BCUT2D eigenvalue weighted by Crippen LogP contribution is -2.23. The molecule has 0 bridgehead atoms. The van der Waals surface area contributed by atoms with Crippen LogP contribution in [0.1, 0.15) is 29.0 Å². The molecule has 6 heteroatoms. The van der Waals surface area contributed by atoms with Gasteiger partial charge in [0.15, 0.2) is 0 Å². The van der Waals surface area contributed by atoms with Gasteiger partial charge in [-0.2, -0.15) is 0 Å². The highest BCUT2D eigenvalue weighted by molar-refractivity contribution is 9.13. The first-order valence-corrected chi connectivity index (χ1v) is 8.53. The summed E-state index contributed by atoms with van der Waals surface area (Å²) in [5.74, 6) is 1.65. The van der Waals surface area contributed by atoms with Crippen LogP contribution >= 0.6 is 43.2 Å². The van der Waals surface area contributed by atoms with E-state index >= 15 is 0 Å². The van der Waals surface area contributed by atoms with Crippen LogP contribution in [0.5, 0.6) is 11.5 Å². The van der Waals surface area contributed by atoms with Crippen LogP contribution in [0.4, 0.5) is 0 Å². The van der Waals surface area contributed by atoms with Gasteiger partial charge in [-0.25, -0.2) is 0 Å². The van der Waals surface area contributed by atoms with E-state index in [1.807, 2.05) is 18.2 Å². The summed E-state index contributed by atoms with van der Waals surface area (Å²) in [4.78, 5) is 1.17. The molecular formula is C14H13Br2NO2S. The van der Waals surface area contributed by atoms with Crippen molar-refractivity contribution in [3.8, 4) is 11.5 Å². The molecule has 1 aromatic heterocycles. The second kappa shape index (κ2) is 5.67. The van der Waals surface area contributed by atoms with Crippen molar-refractivity contribution in [2.45, 2.75) is 18.6 Å². The number of rotatable bonds is 2. The van der Waals surface area contributed by atoms with Gasteiger partial charge in [0, 0.05) is 27.4 Å². The van der Waals surface area contributed by atoms with E-state index in [1.54, 1.807) is 18.4 Å². The lowest BCUT2D eigenvalue weighted by Gasteiger charge is -2.30. The molecule has 3 rings (SSSR count). The Hall–Kier alpha value is -0.560. The van der Waals surface area contributed by atoms with Crippen LogP contribution < -0.4 is 15.2 Å². The number of hydrogen-bond donors (Lipinski definition) is 1. The summed E-state index contributed by atoms with van der Waals surface area (Å²) in [7, 11) is 1.65. The van der Waals surface area contributed by atoms with E-state index < -0.39 is 0 Å². The van der Waals surface area contributed by atoms with Crippen molar-refractivity contribution in [2.24, 2.45) is 5.73 Å². The van der Waals surface area contributed by atoms with Crippen LogP contribution in [0.3, 0.4) is 0 Å². The second-order valence-corrected chi connectivity index (χ2v) is 7.88. The van der Waals surface area contributed by atoms with Crippen LogP contribution in [0.25, 0.3) is 0 Å². The minimum absolute atomic E-state index is 0.00139. The summed E-state index contributed by atoms with van der Waals surface area (Å²) in [6, 6.07) is 7.82. The fourth-order valence-electron chi connectivity index (χ4n) is 2.31. The van der Waals surface area contributed by atoms with Crippen LogP contribution in [0.15, 0.2) is 32.5 Å². The second-order valence-electron chi connectivity index (χ2n) is 4.62. The highest BCUT2D eigenvalue weighted by atomic mass is 79.9. The van der Waals surface area contributed by atoms with E-state index in [0.717, 1.165) is 31.7 Å². The summed E-state index contributed by atoms with van der Waals surface area (Å²) in [6.07, 6.45) is 0.762. The highest BCUT2D eigenvalue weighted by Gasteiger charge is 2.29. The van der Waals surface area contributed by atoms with Gasteiger partial charge in [0.25, 0.3) is 0 Å². The number of ether oxygens (including phenoxy) is 2. The van der Waals surface area contributed by atoms with Crippen molar-refractivity contribution in [2.75, 3.05) is 7.11 Å². The van der Waals surface area contributed by atoms with Crippen molar-refractivity contribution >= 4 is 43.2 Å². The minimum Gasteiger partial charge on any atom is -0.497 e. The van der Waals surface area contributed by atoms with Gasteiger partial charge in [-0.1, -0.05) is 0 Å². The molecular weight excluding hydrogens is 406 g/mol. The van der Waals surface area contributed by atoms with Gasteiger partial charge >= 0.3 is 0 Å². The van der Waals surface area contributed by atoms with E-state index in [0.29, 0.717) is 0 Å². The Kier molecular flexibility index (Phi) is 4.08. The number of halogens is 2. The molecule has 0 fully saturated rings. The quantitative estimate of drug-likeness (QED) is 0.761. The van der Waals surface area contributed by atoms with Gasteiger partial charge in [0.2, 0.25) is 0 Å². The number of fused-ring (bicyclic) bond motifs is 1. The van der Waals surface area contributed by atoms with Gasteiger partial charge in [-0.3, -0.25) is 0 Å². The SMILES string of the molecule is COc1ccc2c(c1)[C@@H](N)CC(c1cc(Br)c(Br)s1)O2. The fourth-order valence-corrected chi connectivity index (χ4v) is 4.44. The summed E-state index contributed by atoms with van der Waals surface area (Å²) in [6.45, 7) is 0. The van der Waals surface area contributed by atoms with Crippen LogP contribution in [-0.2, 0) is 0 Å². The molecule has 0 aliphatic carbocycles. The van der Waals surface area contributed by atoms with E-state index in [9.17, 15) is 0 Å². The van der Waals surface area contributed by atoms with Gasteiger partial charge < -0.3 is 15.2 Å². The van der Waals surface area contributed by atoms with Crippen molar-refractivity contribution < 1.29 is 9.47 Å². The van der Waals surface area contributed by atoms with E-state index in [4.69, 9.17) is 15.2 Å². The average Bonchev–Trinajstić information content (AvgIpc) is 2.78. The maximum absolute atomic E-state index is 6.29. The molecule has 1 aliphatic rings. The third-order valence-electron chi connectivity index (χ3n) is 3.34. The molecule has 0 saturated heterocycles. The normalized spacial score (nSPS) is 21.2. The first-order chi connectivity index (χ1) is 9.58. The van der Waals surface area contributed by atoms with Crippen molar-refractivity contribution in [1.29, 1.82) is 0 Å². The first kappa shape index (κ1) is 14.4. The van der Waals surface area contributed by atoms with Crippen molar-refractivity contribution in [3.05, 3.63) is 43.0 Å². The molecule has 2 N–H and O–H groups in total. The zero-order chi connectivity index (χ0) is 14.3. The molecule has 20 heavy (non-hydrogen) atoms. The Morgan fingerprint density at radius 1 is 1.35 bits per heavy atom. The monoisotopic (exact) mass is 417 g/mol. The summed E-state index contributed by atoms with van der Waals surface area (Å²) in [5.41, 5.74) is 7.30. The Labute approximate surface area is 138 Å². The van der Waals surface area contributed by atoms with Gasteiger partial charge in [0.05, 0.1) is 10.9 Å². The molecule has 2 heterocycles. The summed E-state index contributed by atoms with van der Waals surface area (Å²) in [5, 5.41) is 0. The van der Waals surface area contributed by atoms with Gasteiger partial charge in [-0.05, 0) is 56.1 Å². The minimum atomic E-state index is -0.0431. The molecule has 0 amide bonds. The molecule has 1 aromatic carbocycles. The largest absolute Gasteiger partial charge is 0.497 e. The smallest absolute Gasteiger partial charge is 0.135 e. The molecule has 1 unspecified atom stereocenters. The Balaban J connectivity index is 1.92. The zero-order valence-corrected chi connectivity index (χ0v) is 14.7. The molecule has 2 atom stereocenters. The summed E-state index contributed by atoms with van der Waals surface area (Å²) < 4.78 is 13.5. The van der Waals surface area contributed by atoms with Gasteiger partial charge in [-0.15, -0.1) is 11.3 Å². The first-order valence-electron chi connectivity index (χ1n) is 6.13. The van der Waals surface area contributed by atoms with Crippen LogP contribution in [-0.4, -0.2) is 7.11 Å². The van der Waals surface area contributed by atoms with Crippen molar-refractivity contribution in [3.63, 3.8) is 0 Å². The molecule has 0 spiro atoms. The molecule has 0 radical (unpaired) electrons. The zero-order valence-electron chi connectivity index (χ0n) is 10.7. The van der Waals surface area contributed by atoms with E-state index in [2.05, 4.69) is 37.9 Å². The predicted molar refractivity (Wildman–Crippen MR) is 87.6 cm³/mol. The number of nitrogens with two attached hydrogens (primary N) is 1. The average molecular weight is 419 g/mol. The topological polar surface area (TPSA) is 44.5 Å². The maximum atomic E-state index is 6.29. The highest BCUT2D eigenvalue weighted by Crippen LogP contribution is 2.45. The van der Waals surface area contributed by atoms with Crippen LogP contribution in [0.2, 0.25) is 0 Å². The predicted octanol–water partition coefficient (Wildman–Crippen LogP) is 4.81. The molecule has 2 aromatic rings. The Morgan fingerprint density at radius 3 is 2.80 bits per heavy atom. The molecule has 1 aliphatic heterocycles. The Bertz CT molecular complexity index is 625. The lowest BCUT2D eigenvalue weighted by molar-refractivity contribution is 0.164. The summed E-state index contributed by atoms with van der Waals surface area (Å²) >= 11 is 8.70. The fraction of sp³-hybridized carbons (Fsp3) is 0.286. The van der Waals surface area contributed by atoms with Gasteiger partial charge in [0.1, 0.15) is 17.6 Å². The number of benzene rings is 1. The van der Waals surface area contributed by atoms with Crippen LogP contribution in [0, 0.1) is 0 Å². The molecule has 0 saturated carbocycles. The molecule has 3 nitrogen and oxygen atoms in total. The Morgan fingerprint density at radius 2 is 2.15 bits per heavy atom. The number of hydrogen-bond acceptors (Lipinski definition) is 4. The standard InChI is InChI=1S/C14H13Br2NO2S/c1-18-7-2-3-11-8(4-7)10(17)6-12(19-11)13-5-9(15)14(16)20-13/h2-5,10,12H,6,17H2,1H3/t10-,12?/m0/s1. The lowest BCUT2D eigenvalue weighted by atomic mass is 9.96. The third kappa shape index (κ3) is 2.62. The number of methoxy groups -OCH3 is 1. The van der Waals surface area contributed by atoms with E-state index in [1.165, 1.54) is 4.88 Å². The van der Waals surface area contributed by atoms with Crippen molar-refractivity contribution in [1.82, 2.24) is 0 Å². The number of thiophene rings is 1. The maximum Gasteiger partial charge on any atom is 0.135 e.